The number of benzene rings is 1. The van der Waals surface area contributed by atoms with Gasteiger partial charge in [-0.05, 0) is 50.3 Å². The van der Waals surface area contributed by atoms with E-state index in [1.165, 1.54) is 63.7 Å². The molecule has 0 N–H and O–H groups in total. The largest absolute Gasteiger partial charge is 0.303 e. The molecule has 4 nitrogen and oxygen atoms in total. The second kappa shape index (κ2) is 12.9. The molecule has 0 radical (unpaired) electrons. The Kier molecular flexibility index (Phi) is 11.1. The molecule has 0 amide bonds. The molecule has 0 atom stereocenters. The van der Waals surface area contributed by atoms with Gasteiger partial charge in [0.25, 0.3) is 5.69 Å². The molecule has 142 valence electrons. The first kappa shape index (κ1) is 21.6. The third-order valence-corrected chi connectivity index (χ3v) is 4.54. The molecular weight excluding hydrogens is 312 g/mol. The van der Waals surface area contributed by atoms with Crippen molar-refractivity contribution in [2.75, 3.05) is 19.6 Å². The van der Waals surface area contributed by atoms with Crippen molar-refractivity contribution in [1.82, 2.24) is 4.90 Å². The van der Waals surface area contributed by atoms with Crippen molar-refractivity contribution in [3.05, 3.63) is 39.9 Å². The van der Waals surface area contributed by atoms with Crippen LogP contribution >= 0.6 is 0 Å². The van der Waals surface area contributed by atoms with E-state index in [0.717, 1.165) is 12.8 Å². The normalized spacial score (nSPS) is 11.4. The minimum Gasteiger partial charge on any atom is -0.303 e. The molecule has 0 aliphatic carbocycles. The van der Waals surface area contributed by atoms with Crippen molar-refractivity contribution in [3.63, 3.8) is 0 Å². The molecule has 0 unspecified atom stereocenters. The minimum atomic E-state index is -0.339. The van der Waals surface area contributed by atoms with Crippen LogP contribution in [0.1, 0.15) is 71.3 Å². The number of unbranched alkanes of at least 4 members (excludes halogenated alkanes) is 5. The van der Waals surface area contributed by atoms with Crippen LogP contribution in [0.3, 0.4) is 0 Å². The summed E-state index contributed by atoms with van der Waals surface area (Å²) in [5.74, 6) is 0.713. The Bertz CT molecular complexity index is 471. The molecule has 1 aromatic rings. The number of non-ortho nitro benzene ring substituents is 1. The molecule has 25 heavy (non-hydrogen) atoms. The predicted octanol–water partition coefficient (Wildman–Crippen LogP) is 5.85. The summed E-state index contributed by atoms with van der Waals surface area (Å²) in [6.45, 7) is 10.4. The van der Waals surface area contributed by atoms with Crippen molar-refractivity contribution < 1.29 is 4.92 Å². The molecule has 0 aliphatic heterocycles. The molecule has 0 saturated heterocycles. The van der Waals surface area contributed by atoms with Gasteiger partial charge in [0.2, 0.25) is 0 Å². The van der Waals surface area contributed by atoms with Gasteiger partial charge in [-0.1, -0.05) is 58.6 Å². The van der Waals surface area contributed by atoms with Crippen LogP contribution in [0.5, 0.6) is 0 Å². The lowest BCUT2D eigenvalue weighted by molar-refractivity contribution is -0.384. The Balaban J connectivity index is 2.26. The highest BCUT2D eigenvalue weighted by molar-refractivity contribution is 5.32. The van der Waals surface area contributed by atoms with Gasteiger partial charge < -0.3 is 4.90 Å². The minimum absolute atomic E-state index is 0.176. The number of rotatable bonds is 14. The van der Waals surface area contributed by atoms with Gasteiger partial charge in [-0.15, -0.1) is 0 Å². The number of hydrogen-bond donors (Lipinski definition) is 0. The maximum atomic E-state index is 10.7. The van der Waals surface area contributed by atoms with Gasteiger partial charge in [0.1, 0.15) is 0 Å². The lowest BCUT2D eigenvalue weighted by Gasteiger charge is -2.24. The van der Waals surface area contributed by atoms with Gasteiger partial charge in [-0.2, -0.15) is 0 Å². The summed E-state index contributed by atoms with van der Waals surface area (Å²) in [6.07, 6.45) is 10.0. The highest BCUT2D eigenvalue weighted by atomic mass is 16.6. The number of nitro groups is 1. The standard InChI is InChI=1S/C21H36N2O2/c1-4-5-6-7-9-16-22(18-19(2)3)17-10-8-11-20-12-14-21(15-13-20)23(24)25/h12-15,19H,4-11,16-18H2,1-3H3. The Morgan fingerprint density at radius 1 is 0.960 bits per heavy atom. The van der Waals surface area contributed by atoms with E-state index in [0.29, 0.717) is 5.92 Å². The molecular formula is C21H36N2O2. The first-order chi connectivity index (χ1) is 12.0. The maximum Gasteiger partial charge on any atom is 0.269 e. The molecule has 0 bridgehead atoms. The Hall–Kier alpha value is -1.42. The van der Waals surface area contributed by atoms with Crippen molar-refractivity contribution in [1.29, 1.82) is 0 Å². The van der Waals surface area contributed by atoms with Crippen molar-refractivity contribution in [2.45, 2.75) is 72.1 Å². The summed E-state index contributed by atoms with van der Waals surface area (Å²) in [6, 6.07) is 6.99. The van der Waals surface area contributed by atoms with E-state index >= 15 is 0 Å². The Morgan fingerprint density at radius 3 is 2.12 bits per heavy atom. The van der Waals surface area contributed by atoms with Gasteiger partial charge >= 0.3 is 0 Å². The smallest absolute Gasteiger partial charge is 0.269 e. The van der Waals surface area contributed by atoms with Crippen LogP contribution in [-0.4, -0.2) is 29.5 Å². The van der Waals surface area contributed by atoms with Crippen LogP contribution in [0.25, 0.3) is 0 Å². The lowest BCUT2D eigenvalue weighted by atomic mass is 10.1. The number of nitrogens with zero attached hydrogens (tertiary/aromatic N) is 2. The third kappa shape index (κ3) is 10.2. The summed E-state index contributed by atoms with van der Waals surface area (Å²) >= 11 is 0. The summed E-state index contributed by atoms with van der Waals surface area (Å²) < 4.78 is 0. The van der Waals surface area contributed by atoms with E-state index in [2.05, 4.69) is 25.7 Å². The molecule has 0 heterocycles. The van der Waals surface area contributed by atoms with E-state index < -0.39 is 0 Å². The van der Waals surface area contributed by atoms with Gasteiger partial charge in [-0.3, -0.25) is 10.1 Å². The highest BCUT2D eigenvalue weighted by Gasteiger charge is 2.08. The average molecular weight is 349 g/mol. The van der Waals surface area contributed by atoms with Crippen LogP contribution < -0.4 is 0 Å². The van der Waals surface area contributed by atoms with Gasteiger partial charge in [-0.25, -0.2) is 0 Å². The van der Waals surface area contributed by atoms with E-state index in [1.807, 2.05) is 12.1 Å². The fourth-order valence-electron chi connectivity index (χ4n) is 3.20. The zero-order valence-corrected chi connectivity index (χ0v) is 16.4. The quantitative estimate of drug-likeness (QED) is 0.241. The zero-order valence-electron chi connectivity index (χ0n) is 16.4. The van der Waals surface area contributed by atoms with Crippen molar-refractivity contribution >= 4 is 5.69 Å². The number of aryl methyl sites for hydroxylation is 1. The highest BCUT2D eigenvalue weighted by Crippen LogP contribution is 2.14. The van der Waals surface area contributed by atoms with Crippen molar-refractivity contribution in [2.24, 2.45) is 5.92 Å². The van der Waals surface area contributed by atoms with E-state index in [1.54, 1.807) is 12.1 Å². The van der Waals surface area contributed by atoms with Crippen LogP contribution in [0, 0.1) is 16.0 Å². The number of nitro benzene ring substituents is 1. The van der Waals surface area contributed by atoms with E-state index in [4.69, 9.17) is 0 Å². The fourth-order valence-corrected chi connectivity index (χ4v) is 3.20. The molecule has 0 fully saturated rings. The molecule has 4 heteroatoms. The lowest BCUT2D eigenvalue weighted by Crippen LogP contribution is -2.30. The molecule has 1 aromatic carbocycles. The van der Waals surface area contributed by atoms with E-state index in [9.17, 15) is 10.1 Å². The number of hydrogen-bond acceptors (Lipinski definition) is 3. The maximum absolute atomic E-state index is 10.7. The fraction of sp³-hybridized carbons (Fsp3) is 0.714. The Morgan fingerprint density at radius 2 is 1.56 bits per heavy atom. The monoisotopic (exact) mass is 348 g/mol. The van der Waals surface area contributed by atoms with Crippen LogP contribution in [-0.2, 0) is 6.42 Å². The van der Waals surface area contributed by atoms with Gasteiger partial charge in [0.05, 0.1) is 4.92 Å². The van der Waals surface area contributed by atoms with Gasteiger partial charge in [0, 0.05) is 18.7 Å². The topological polar surface area (TPSA) is 46.4 Å². The molecule has 0 aromatic heterocycles. The second-order valence-corrected chi connectivity index (χ2v) is 7.49. The predicted molar refractivity (Wildman–Crippen MR) is 106 cm³/mol. The average Bonchev–Trinajstić information content (AvgIpc) is 2.58. The van der Waals surface area contributed by atoms with Crippen LogP contribution in [0.2, 0.25) is 0 Å². The van der Waals surface area contributed by atoms with Crippen LogP contribution in [0.15, 0.2) is 24.3 Å². The van der Waals surface area contributed by atoms with E-state index in [-0.39, 0.29) is 10.6 Å². The Labute approximate surface area is 153 Å². The molecule has 0 aliphatic rings. The van der Waals surface area contributed by atoms with Crippen LogP contribution in [0.4, 0.5) is 5.69 Å². The molecule has 1 rings (SSSR count). The summed E-state index contributed by atoms with van der Waals surface area (Å²) in [5, 5.41) is 10.7. The molecule has 0 saturated carbocycles. The summed E-state index contributed by atoms with van der Waals surface area (Å²) in [4.78, 5) is 13.0. The SMILES string of the molecule is CCCCCCCN(CCCCc1ccc([N+](=O)[O-])cc1)CC(C)C. The summed E-state index contributed by atoms with van der Waals surface area (Å²) in [7, 11) is 0. The second-order valence-electron chi connectivity index (χ2n) is 7.49. The zero-order chi connectivity index (χ0) is 18.5. The first-order valence-electron chi connectivity index (χ1n) is 9.98. The van der Waals surface area contributed by atoms with Gasteiger partial charge in [0.15, 0.2) is 0 Å². The third-order valence-electron chi connectivity index (χ3n) is 4.54. The first-order valence-corrected chi connectivity index (χ1v) is 9.98. The van der Waals surface area contributed by atoms with Crippen molar-refractivity contribution in [3.8, 4) is 0 Å². The molecule has 0 spiro atoms. The summed E-state index contributed by atoms with van der Waals surface area (Å²) in [5.41, 5.74) is 1.37.